The van der Waals surface area contributed by atoms with Crippen molar-refractivity contribution in [1.29, 1.82) is 0 Å². The van der Waals surface area contributed by atoms with Crippen molar-refractivity contribution < 1.29 is 9.59 Å². The number of halogens is 1. The molecule has 22 heavy (non-hydrogen) atoms. The minimum atomic E-state index is -0.208. The first-order valence-corrected chi connectivity index (χ1v) is 7.54. The summed E-state index contributed by atoms with van der Waals surface area (Å²) in [6.07, 6.45) is 0. The van der Waals surface area contributed by atoms with Crippen molar-refractivity contribution in [3.05, 3.63) is 29.3 Å². The van der Waals surface area contributed by atoms with Crippen LogP contribution in [0.5, 0.6) is 0 Å². The molecule has 1 unspecified atom stereocenters. The maximum atomic E-state index is 11.3. The van der Waals surface area contributed by atoms with Crippen molar-refractivity contribution in [3.8, 4) is 0 Å². The van der Waals surface area contributed by atoms with Gasteiger partial charge in [0.05, 0.1) is 23.6 Å². The van der Waals surface area contributed by atoms with Gasteiger partial charge in [-0.05, 0) is 32.0 Å². The summed E-state index contributed by atoms with van der Waals surface area (Å²) in [7, 11) is 0. The SMILES string of the molecule is CC1(C)CNNC1=O.CC1CN(c2cccc(Cl)c2)NC1=O. The highest BCUT2D eigenvalue weighted by molar-refractivity contribution is 6.30. The molecule has 0 bridgehead atoms. The van der Waals surface area contributed by atoms with Crippen molar-refractivity contribution in [1.82, 2.24) is 16.3 Å². The summed E-state index contributed by atoms with van der Waals surface area (Å²) in [5.41, 5.74) is 8.78. The first-order chi connectivity index (χ1) is 10.3. The molecule has 2 fully saturated rings. The van der Waals surface area contributed by atoms with Crippen LogP contribution in [0.15, 0.2) is 24.3 Å². The van der Waals surface area contributed by atoms with E-state index in [4.69, 9.17) is 11.6 Å². The fraction of sp³-hybridized carbons (Fsp3) is 0.467. The van der Waals surface area contributed by atoms with Gasteiger partial charge in [0.25, 0.3) is 0 Å². The third-order valence-corrected chi connectivity index (χ3v) is 3.85. The molecule has 2 aliphatic rings. The molecule has 3 N–H and O–H groups in total. The van der Waals surface area contributed by atoms with E-state index in [2.05, 4.69) is 16.3 Å². The van der Waals surface area contributed by atoms with E-state index < -0.39 is 0 Å². The van der Waals surface area contributed by atoms with Gasteiger partial charge in [-0.3, -0.25) is 25.4 Å². The Hall–Kier alpha value is -1.79. The Bertz CT molecular complexity index is 576. The number of benzene rings is 1. The molecule has 7 heteroatoms. The smallest absolute Gasteiger partial charge is 0.243 e. The third-order valence-electron chi connectivity index (χ3n) is 3.62. The Morgan fingerprint density at radius 3 is 2.45 bits per heavy atom. The van der Waals surface area contributed by atoms with Gasteiger partial charge in [-0.1, -0.05) is 24.6 Å². The quantitative estimate of drug-likeness (QED) is 0.731. The summed E-state index contributed by atoms with van der Waals surface area (Å²) >= 11 is 5.86. The minimum absolute atomic E-state index is 0.0361. The van der Waals surface area contributed by atoms with Gasteiger partial charge < -0.3 is 0 Å². The zero-order chi connectivity index (χ0) is 16.3. The summed E-state index contributed by atoms with van der Waals surface area (Å²) in [5, 5.41) is 2.50. The van der Waals surface area contributed by atoms with Crippen LogP contribution in [0.2, 0.25) is 5.02 Å². The van der Waals surface area contributed by atoms with Crippen LogP contribution in [0, 0.1) is 11.3 Å². The first kappa shape index (κ1) is 16.6. The molecule has 1 aromatic carbocycles. The number of amides is 2. The molecular formula is C15H21ClN4O2. The van der Waals surface area contributed by atoms with Crippen molar-refractivity contribution in [2.24, 2.45) is 11.3 Å². The van der Waals surface area contributed by atoms with E-state index in [0.29, 0.717) is 11.6 Å². The zero-order valence-electron chi connectivity index (χ0n) is 12.9. The second-order valence-electron chi connectivity index (χ2n) is 6.16. The van der Waals surface area contributed by atoms with E-state index in [1.807, 2.05) is 50.0 Å². The lowest BCUT2D eigenvalue weighted by Crippen LogP contribution is -2.32. The molecule has 0 saturated carbocycles. The van der Waals surface area contributed by atoms with E-state index in [-0.39, 0.29) is 23.1 Å². The number of hydrogen-bond donors (Lipinski definition) is 3. The van der Waals surface area contributed by atoms with Gasteiger partial charge in [0.1, 0.15) is 0 Å². The molecule has 0 spiro atoms. The number of carbonyl (C=O) groups is 2. The molecule has 3 rings (SSSR count). The maximum Gasteiger partial charge on any atom is 0.243 e. The van der Waals surface area contributed by atoms with Crippen LogP contribution in [0.25, 0.3) is 0 Å². The van der Waals surface area contributed by atoms with Crippen LogP contribution < -0.4 is 21.3 Å². The number of hydrogen-bond acceptors (Lipinski definition) is 4. The van der Waals surface area contributed by atoms with Crippen LogP contribution >= 0.6 is 11.6 Å². The van der Waals surface area contributed by atoms with E-state index in [1.165, 1.54) is 0 Å². The molecule has 2 amide bonds. The lowest BCUT2D eigenvalue weighted by Gasteiger charge is -2.17. The van der Waals surface area contributed by atoms with Crippen molar-refractivity contribution in [2.45, 2.75) is 20.8 Å². The van der Waals surface area contributed by atoms with Gasteiger partial charge in [0.15, 0.2) is 0 Å². The summed E-state index contributed by atoms with van der Waals surface area (Å²) in [4.78, 5) is 22.0. The number of carbonyl (C=O) groups excluding carboxylic acids is 2. The van der Waals surface area contributed by atoms with Gasteiger partial charge in [-0.25, -0.2) is 5.43 Å². The van der Waals surface area contributed by atoms with Crippen molar-refractivity contribution in [3.63, 3.8) is 0 Å². The van der Waals surface area contributed by atoms with E-state index in [1.54, 1.807) is 0 Å². The highest BCUT2D eigenvalue weighted by Gasteiger charge is 2.32. The molecule has 2 heterocycles. The fourth-order valence-electron chi connectivity index (χ4n) is 2.05. The van der Waals surface area contributed by atoms with Gasteiger partial charge in [-0.15, -0.1) is 0 Å². The Balaban J connectivity index is 0.000000188. The molecular weight excluding hydrogens is 304 g/mol. The molecule has 2 aliphatic heterocycles. The fourth-order valence-corrected chi connectivity index (χ4v) is 2.24. The molecule has 0 aromatic heterocycles. The third kappa shape index (κ3) is 3.90. The number of rotatable bonds is 1. The van der Waals surface area contributed by atoms with E-state index in [9.17, 15) is 9.59 Å². The molecule has 0 radical (unpaired) electrons. The van der Waals surface area contributed by atoms with Crippen molar-refractivity contribution in [2.75, 3.05) is 18.1 Å². The van der Waals surface area contributed by atoms with Crippen LogP contribution in [0.4, 0.5) is 5.69 Å². The molecule has 6 nitrogen and oxygen atoms in total. The highest BCUT2D eigenvalue weighted by atomic mass is 35.5. The summed E-state index contributed by atoms with van der Waals surface area (Å²) in [6, 6.07) is 7.43. The van der Waals surface area contributed by atoms with Crippen LogP contribution in [-0.4, -0.2) is 24.9 Å². The predicted octanol–water partition coefficient (Wildman–Crippen LogP) is 1.47. The van der Waals surface area contributed by atoms with Crippen LogP contribution in [-0.2, 0) is 9.59 Å². The summed E-state index contributed by atoms with van der Waals surface area (Å²) in [6.45, 7) is 7.13. The second-order valence-corrected chi connectivity index (χ2v) is 6.60. The summed E-state index contributed by atoms with van der Waals surface area (Å²) < 4.78 is 0. The highest BCUT2D eigenvalue weighted by Crippen LogP contribution is 2.21. The molecule has 0 aliphatic carbocycles. The number of hydrazine groups is 2. The average Bonchev–Trinajstić information content (AvgIpc) is 2.94. The molecule has 2 saturated heterocycles. The number of nitrogens with zero attached hydrogens (tertiary/aromatic N) is 1. The van der Waals surface area contributed by atoms with E-state index in [0.717, 1.165) is 12.2 Å². The molecule has 120 valence electrons. The standard InChI is InChI=1S/C10H11ClN2O.C5H10N2O/c1-7-6-13(12-10(7)14)9-4-2-3-8(11)5-9;1-5(2)3-6-7-4(5)8/h2-5,7H,6H2,1H3,(H,12,14);6H,3H2,1-2H3,(H,7,8). The van der Waals surface area contributed by atoms with Gasteiger partial charge in [-0.2, -0.15) is 0 Å². The lowest BCUT2D eigenvalue weighted by atomic mass is 9.95. The Labute approximate surface area is 135 Å². The predicted molar refractivity (Wildman–Crippen MR) is 86.0 cm³/mol. The van der Waals surface area contributed by atoms with Gasteiger partial charge >= 0.3 is 0 Å². The van der Waals surface area contributed by atoms with Gasteiger partial charge in [0.2, 0.25) is 11.8 Å². The number of nitrogens with one attached hydrogen (secondary N) is 3. The minimum Gasteiger partial charge on any atom is -0.291 e. The average molecular weight is 325 g/mol. The Kier molecular flexibility index (Phi) is 4.93. The Morgan fingerprint density at radius 1 is 1.32 bits per heavy atom. The van der Waals surface area contributed by atoms with E-state index >= 15 is 0 Å². The lowest BCUT2D eigenvalue weighted by molar-refractivity contribution is -0.126. The van der Waals surface area contributed by atoms with Crippen LogP contribution in [0.3, 0.4) is 0 Å². The Morgan fingerprint density at radius 2 is 2.05 bits per heavy atom. The topological polar surface area (TPSA) is 73.5 Å². The monoisotopic (exact) mass is 324 g/mol. The van der Waals surface area contributed by atoms with Crippen LogP contribution in [0.1, 0.15) is 20.8 Å². The normalized spacial score (nSPS) is 22.7. The van der Waals surface area contributed by atoms with Gasteiger partial charge in [0, 0.05) is 11.6 Å². The number of anilines is 1. The zero-order valence-corrected chi connectivity index (χ0v) is 13.7. The molecule has 1 atom stereocenters. The summed E-state index contributed by atoms with van der Waals surface area (Å²) in [5.74, 6) is 0.177. The largest absolute Gasteiger partial charge is 0.291 e. The first-order valence-electron chi connectivity index (χ1n) is 7.16. The maximum absolute atomic E-state index is 11.3. The second kappa shape index (κ2) is 6.54. The van der Waals surface area contributed by atoms with Crippen molar-refractivity contribution >= 4 is 29.1 Å². The molecule has 1 aromatic rings.